The van der Waals surface area contributed by atoms with E-state index in [4.69, 9.17) is 9.47 Å². The predicted octanol–water partition coefficient (Wildman–Crippen LogP) is 3.28. The third-order valence-electron chi connectivity index (χ3n) is 4.64. The second kappa shape index (κ2) is 13.3. The van der Waals surface area contributed by atoms with Crippen molar-refractivity contribution in [1.82, 2.24) is 10.6 Å². The molecular weight excluding hydrogens is 479 g/mol. The zero-order chi connectivity index (χ0) is 19.4. The highest BCUT2D eigenvalue weighted by Crippen LogP contribution is 2.21. The Morgan fingerprint density at radius 2 is 1.76 bits per heavy atom. The Balaban J connectivity index is 0.00000300. The summed E-state index contributed by atoms with van der Waals surface area (Å²) in [5.41, 5.74) is 2.53. The van der Waals surface area contributed by atoms with Crippen LogP contribution in [0.1, 0.15) is 12.0 Å². The van der Waals surface area contributed by atoms with Gasteiger partial charge in [-0.25, -0.2) is 0 Å². The van der Waals surface area contributed by atoms with Crippen molar-refractivity contribution in [3.8, 4) is 5.75 Å². The zero-order valence-electron chi connectivity index (χ0n) is 17.0. The van der Waals surface area contributed by atoms with Crippen molar-refractivity contribution in [3.05, 3.63) is 60.2 Å². The van der Waals surface area contributed by atoms with Gasteiger partial charge in [0.1, 0.15) is 5.75 Å². The Kier molecular flexibility index (Phi) is 10.6. The molecule has 0 saturated carbocycles. The summed E-state index contributed by atoms with van der Waals surface area (Å²) in [6, 6.07) is 18.4. The first-order valence-electron chi connectivity index (χ1n) is 9.90. The highest BCUT2D eigenvalue weighted by atomic mass is 127. The van der Waals surface area contributed by atoms with Crippen LogP contribution in [0.5, 0.6) is 5.75 Å². The normalized spacial score (nSPS) is 14.1. The number of rotatable bonds is 8. The molecule has 0 bridgehead atoms. The number of benzene rings is 2. The number of ether oxygens (including phenoxy) is 2. The van der Waals surface area contributed by atoms with E-state index in [1.54, 1.807) is 7.05 Å². The average molecular weight is 510 g/mol. The number of para-hydroxylation sites is 2. The van der Waals surface area contributed by atoms with Gasteiger partial charge in [0.15, 0.2) is 5.96 Å². The lowest BCUT2D eigenvalue weighted by atomic mass is 10.1. The molecule has 0 aliphatic carbocycles. The molecule has 158 valence electrons. The van der Waals surface area contributed by atoms with Crippen molar-refractivity contribution in [2.45, 2.75) is 13.0 Å². The Morgan fingerprint density at radius 1 is 1.03 bits per heavy atom. The Hall–Kier alpha value is -2.00. The van der Waals surface area contributed by atoms with Gasteiger partial charge in [-0.1, -0.05) is 36.4 Å². The van der Waals surface area contributed by atoms with Crippen LogP contribution >= 0.6 is 24.0 Å². The maximum Gasteiger partial charge on any atom is 0.191 e. The molecule has 0 radical (unpaired) electrons. The van der Waals surface area contributed by atoms with Crippen LogP contribution in [-0.2, 0) is 11.3 Å². The quantitative estimate of drug-likeness (QED) is 0.247. The van der Waals surface area contributed by atoms with Gasteiger partial charge in [-0.3, -0.25) is 4.99 Å². The minimum Gasteiger partial charge on any atom is -0.494 e. The molecule has 7 heteroatoms. The fourth-order valence-corrected chi connectivity index (χ4v) is 3.16. The van der Waals surface area contributed by atoms with E-state index in [9.17, 15) is 0 Å². The van der Waals surface area contributed by atoms with Gasteiger partial charge < -0.3 is 25.0 Å². The van der Waals surface area contributed by atoms with Crippen LogP contribution in [0.15, 0.2) is 59.6 Å². The second-order valence-corrected chi connectivity index (χ2v) is 6.60. The van der Waals surface area contributed by atoms with Gasteiger partial charge in [0.2, 0.25) is 0 Å². The van der Waals surface area contributed by atoms with E-state index < -0.39 is 0 Å². The maximum absolute atomic E-state index is 5.72. The molecule has 1 aliphatic heterocycles. The van der Waals surface area contributed by atoms with E-state index in [-0.39, 0.29) is 24.0 Å². The first-order chi connectivity index (χ1) is 13.9. The number of aliphatic imine (C=N–C) groups is 1. The summed E-state index contributed by atoms with van der Waals surface area (Å²) in [5.74, 6) is 1.71. The highest BCUT2D eigenvalue weighted by Gasteiger charge is 2.14. The largest absolute Gasteiger partial charge is 0.494 e. The summed E-state index contributed by atoms with van der Waals surface area (Å²) in [6.45, 7) is 5.65. The number of hydrogen-bond donors (Lipinski definition) is 2. The van der Waals surface area contributed by atoms with Crippen LogP contribution in [0.25, 0.3) is 0 Å². The van der Waals surface area contributed by atoms with Crippen molar-refractivity contribution in [3.63, 3.8) is 0 Å². The van der Waals surface area contributed by atoms with Gasteiger partial charge in [-0.05, 0) is 30.2 Å². The molecule has 1 aliphatic rings. The molecular formula is C22H31IN4O2. The molecule has 0 aromatic heterocycles. The third kappa shape index (κ3) is 7.74. The second-order valence-electron chi connectivity index (χ2n) is 6.60. The van der Waals surface area contributed by atoms with E-state index in [0.29, 0.717) is 6.61 Å². The Morgan fingerprint density at radius 3 is 2.52 bits per heavy atom. The van der Waals surface area contributed by atoms with Crippen molar-refractivity contribution in [2.75, 3.05) is 51.4 Å². The van der Waals surface area contributed by atoms with Gasteiger partial charge in [0, 0.05) is 38.9 Å². The lowest BCUT2D eigenvalue weighted by molar-refractivity contribution is 0.122. The van der Waals surface area contributed by atoms with Crippen LogP contribution in [0.2, 0.25) is 0 Å². The molecule has 2 aromatic rings. The summed E-state index contributed by atoms with van der Waals surface area (Å²) >= 11 is 0. The lowest BCUT2D eigenvalue weighted by Crippen LogP contribution is -2.39. The Labute approximate surface area is 190 Å². The van der Waals surface area contributed by atoms with Crippen LogP contribution in [0, 0.1) is 0 Å². The fourth-order valence-electron chi connectivity index (χ4n) is 3.16. The number of nitrogens with zero attached hydrogens (tertiary/aromatic N) is 2. The third-order valence-corrected chi connectivity index (χ3v) is 4.64. The molecule has 1 saturated heterocycles. The lowest BCUT2D eigenvalue weighted by Gasteiger charge is -2.30. The van der Waals surface area contributed by atoms with E-state index >= 15 is 0 Å². The minimum absolute atomic E-state index is 0. The molecule has 2 aromatic carbocycles. The van der Waals surface area contributed by atoms with Crippen LogP contribution in [0.4, 0.5) is 5.69 Å². The van der Waals surface area contributed by atoms with Gasteiger partial charge in [-0.2, -0.15) is 0 Å². The SMILES string of the molecule is CN=C(NCCCOc1ccccc1)NCc1ccccc1N1CCOCC1.I. The number of guanidine groups is 1. The highest BCUT2D eigenvalue weighted by molar-refractivity contribution is 14.0. The molecule has 2 N–H and O–H groups in total. The molecule has 6 nitrogen and oxygen atoms in total. The first kappa shape index (κ1) is 23.3. The average Bonchev–Trinajstić information content (AvgIpc) is 2.77. The van der Waals surface area contributed by atoms with E-state index in [2.05, 4.69) is 44.8 Å². The number of nitrogens with one attached hydrogen (secondary N) is 2. The van der Waals surface area contributed by atoms with E-state index in [1.165, 1.54) is 11.3 Å². The monoisotopic (exact) mass is 510 g/mol. The standard InChI is InChI=1S/C22H30N4O2.HI/c1-23-22(24-12-7-15-28-20-9-3-2-4-10-20)25-18-19-8-5-6-11-21(19)26-13-16-27-17-14-26;/h2-6,8-11H,7,12-18H2,1H3,(H2,23,24,25);1H. The zero-order valence-corrected chi connectivity index (χ0v) is 19.3. The number of hydrogen-bond acceptors (Lipinski definition) is 4. The summed E-state index contributed by atoms with van der Waals surface area (Å²) in [5, 5.41) is 6.76. The number of morpholine rings is 1. The fraction of sp³-hybridized carbons (Fsp3) is 0.409. The van der Waals surface area contributed by atoms with Crippen molar-refractivity contribution < 1.29 is 9.47 Å². The minimum atomic E-state index is 0. The summed E-state index contributed by atoms with van der Waals surface area (Å²) in [7, 11) is 1.80. The summed E-state index contributed by atoms with van der Waals surface area (Å²) in [6.07, 6.45) is 0.903. The van der Waals surface area contributed by atoms with Crippen molar-refractivity contribution in [1.29, 1.82) is 0 Å². The van der Waals surface area contributed by atoms with Crippen LogP contribution in [-0.4, -0.2) is 52.5 Å². The van der Waals surface area contributed by atoms with Gasteiger partial charge in [-0.15, -0.1) is 24.0 Å². The predicted molar refractivity (Wildman–Crippen MR) is 130 cm³/mol. The molecule has 1 heterocycles. The summed E-state index contributed by atoms with van der Waals surface area (Å²) < 4.78 is 11.2. The molecule has 1 fully saturated rings. The van der Waals surface area contributed by atoms with Crippen LogP contribution < -0.4 is 20.3 Å². The number of halogens is 1. The number of anilines is 1. The van der Waals surface area contributed by atoms with Crippen LogP contribution in [0.3, 0.4) is 0 Å². The molecule has 0 unspecified atom stereocenters. The van der Waals surface area contributed by atoms with Crippen molar-refractivity contribution >= 4 is 35.6 Å². The molecule has 0 spiro atoms. The van der Waals surface area contributed by atoms with Gasteiger partial charge in [0.05, 0.1) is 19.8 Å². The van der Waals surface area contributed by atoms with E-state index in [0.717, 1.165) is 57.5 Å². The van der Waals surface area contributed by atoms with E-state index in [1.807, 2.05) is 30.3 Å². The smallest absolute Gasteiger partial charge is 0.191 e. The molecule has 29 heavy (non-hydrogen) atoms. The van der Waals surface area contributed by atoms with Crippen molar-refractivity contribution in [2.24, 2.45) is 4.99 Å². The summed E-state index contributed by atoms with van der Waals surface area (Å²) in [4.78, 5) is 6.71. The maximum atomic E-state index is 5.72. The molecule has 0 amide bonds. The van der Waals surface area contributed by atoms with Gasteiger partial charge in [0.25, 0.3) is 0 Å². The van der Waals surface area contributed by atoms with Gasteiger partial charge >= 0.3 is 0 Å². The topological polar surface area (TPSA) is 58.1 Å². The first-order valence-corrected chi connectivity index (χ1v) is 9.90. The Bertz CT molecular complexity index is 737. The molecule has 3 rings (SSSR count). The molecule has 0 atom stereocenters.